The van der Waals surface area contributed by atoms with Gasteiger partial charge in [-0.25, -0.2) is 4.98 Å². The summed E-state index contributed by atoms with van der Waals surface area (Å²) < 4.78 is -0.980. The fraction of sp³-hybridized carbons (Fsp3) is 0.235. The molecule has 1 aromatic carbocycles. The summed E-state index contributed by atoms with van der Waals surface area (Å²) in [6, 6.07) is 6.12. The van der Waals surface area contributed by atoms with E-state index in [9.17, 15) is 9.90 Å². The third-order valence-electron chi connectivity index (χ3n) is 3.60. The smallest absolute Gasteiger partial charge is 0.319 e. The molecule has 5 nitrogen and oxygen atoms in total. The Morgan fingerprint density at radius 3 is 2.74 bits per heavy atom. The Morgan fingerprint density at radius 1 is 1.26 bits per heavy atom. The second kappa shape index (κ2) is 5.70. The van der Waals surface area contributed by atoms with Crippen LogP contribution in [0.3, 0.4) is 0 Å². The van der Waals surface area contributed by atoms with Crippen LogP contribution in [0.4, 0.5) is 0 Å². The van der Waals surface area contributed by atoms with Gasteiger partial charge in [-0.05, 0) is 44.5 Å². The van der Waals surface area contributed by atoms with Gasteiger partial charge in [0.2, 0.25) is 0 Å². The summed E-state index contributed by atoms with van der Waals surface area (Å²) in [5.41, 5.74) is 3.80. The van der Waals surface area contributed by atoms with E-state index in [4.69, 9.17) is 0 Å². The Kier molecular flexibility index (Phi) is 3.85. The molecule has 0 fully saturated rings. The van der Waals surface area contributed by atoms with Crippen LogP contribution in [0.1, 0.15) is 19.4 Å². The van der Waals surface area contributed by atoms with Crippen molar-refractivity contribution in [2.24, 2.45) is 0 Å². The van der Waals surface area contributed by atoms with Crippen LogP contribution in [-0.2, 0) is 4.79 Å². The van der Waals surface area contributed by atoms with E-state index in [1.165, 1.54) is 11.8 Å². The van der Waals surface area contributed by atoms with Crippen LogP contribution in [0, 0.1) is 6.92 Å². The molecule has 0 radical (unpaired) electrons. The first kappa shape index (κ1) is 15.6. The molecule has 0 saturated heterocycles. The molecule has 3 rings (SSSR count). The molecular formula is C17H17N3O2S. The van der Waals surface area contributed by atoms with Gasteiger partial charge in [0.1, 0.15) is 15.5 Å². The molecule has 2 N–H and O–H groups in total. The van der Waals surface area contributed by atoms with E-state index in [0.29, 0.717) is 10.7 Å². The van der Waals surface area contributed by atoms with Gasteiger partial charge in [0.15, 0.2) is 0 Å². The SMILES string of the molecule is Cc1cc(-c2nccnc2SC(C)(C)C(=O)O)c2cc[nH]c2c1. The minimum absolute atomic E-state index is 0.619. The predicted octanol–water partition coefficient (Wildman–Crippen LogP) is 3.89. The maximum absolute atomic E-state index is 11.4. The number of thioether (sulfide) groups is 1. The third kappa shape index (κ3) is 2.94. The maximum atomic E-state index is 11.4. The number of carbonyl (C=O) groups is 1. The molecule has 0 amide bonds. The van der Waals surface area contributed by atoms with Crippen molar-refractivity contribution in [1.82, 2.24) is 15.0 Å². The van der Waals surface area contributed by atoms with Gasteiger partial charge >= 0.3 is 5.97 Å². The van der Waals surface area contributed by atoms with Gasteiger partial charge in [-0.1, -0.05) is 11.8 Å². The third-order valence-corrected chi connectivity index (χ3v) is 4.78. The number of aromatic nitrogens is 3. The number of H-pyrrole nitrogens is 1. The van der Waals surface area contributed by atoms with Crippen LogP contribution in [-0.4, -0.2) is 30.8 Å². The lowest BCUT2D eigenvalue weighted by Gasteiger charge is -2.19. The topological polar surface area (TPSA) is 78.9 Å². The van der Waals surface area contributed by atoms with Crippen molar-refractivity contribution >= 4 is 28.6 Å². The van der Waals surface area contributed by atoms with E-state index in [2.05, 4.69) is 27.1 Å². The lowest BCUT2D eigenvalue weighted by atomic mass is 10.0. The van der Waals surface area contributed by atoms with Crippen molar-refractivity contribution in [1.29, 1.82) is 0 Å². The molecule has 0 saturated carbocycles. The number of carboxylic acid groups (broad SMARTS) is 1. The molecule has 0 aliphatic heterocycles. The van der Waals surface area contributed by atoms with Crippen LogP contribution in [0.15, 0.2) is 41.8 Å². The largest absolute Gasteiger partial charge is 0.480 e. The van der Waals surface area contributed by atoms with Crippen LogP contribution in [0.25, 0.3) is 22.2 Å². The molecule has 118 valence electrons. The fourth-order valence-corrected chi connectivity index (χ4v) is 3.32. The molecule has 0 aliphatic rings. The molecule has 23 heavy (non-hydrogen) atoms. The lowest BCUT2D eigenvalue weighted by molar-refractivity contribution is -0.138. The zero-order valence-corrected chi connectivity index (χ0v) is 13.9. The van der Waals surface area contributed by atoms with Gasteiger partial charge in [0, 0.05) is 35.1 Å². The second-order valence-corrected chi connectivity index (χ2v) is 7.49. The van der Waals surface area contributed by atoms with Gasteiger partial charge in [-0.15, -0.1) is 0 Å². The minimum atomic E-state index is -0.980. The zero-order valence-electron chi connectivity index (χ0n) is 13.1. The summed E-state index contributed by atoms with van der Waals surface area (Å²) >= 11 is 1.21. The highest BCUT2D eigenvalue weighted by atomic mass is 32.2. The van der Waals surface area contributed by atoms with Crippen molar-refractivity contribution in [3.05, 3.63) is 42.4 Å². The van der Waals surface area contributed by atoms with Crippen LogP contribution in [0.5, 0.6) is 0 Å². The monoisotopic (exact) mass is 327 g/mol. The van der Waals surface area contributed by atoms with E-state index >= 15 is 0 Å². The highest BCUT2D eigenvalue weighted by Crippen LogP contribution is 2.38. The summed E-state index contributed by atoms with van der Waals surface area (Å²) in [6.07, 6.45) is 5.11. The van der Waals surface area contributed by atoms with Crippen molar-refractivity contribution in [2.75, 3.05) is 0 Å². The predicted molar refractivity (Wildman–Crippen MR) is 91.6 cm³/mol. The molecule has 6 heteroatoms. The number of nitrogens with zero attached hydrogens (tertiary/aromatic N) is 2. The summed E-state index contributed by atoms with van der Waals surface area (Å²) in [5, 5.41) is 11.0. The average Bonchev–Trinajstić information content (AvgIpc) is 2.94. The summed E-state index contributed by atoms with van der Waals surface area (Å²) in [6.45, 7) is 5.36. The van der Waals surface area contributed by atoms with Crippen molar-refractivity contribution in [3.63, 3.8) is 0 Å². The molecule has 0 atom stereocenters. The fourth-order valence-electron chi connectivity index (χ4n) is 2.38. The van der Waals surface area contributed by atoms with E-state index < -0.39 is 10.7 Å². The van der Waals surface area contributed by atoms with Gasteiger partial charge in [-0.3, -0.25) is 9.78 Å². The van der Waals surface area contributed by atoms with E-state index in [0.717, 1.165) is 22.0 Å². The first-order chi connectivity index (χ1) is 10.9. The molecule has 0 bridgehead atoms. The molecule has 3 aromatic rings. The maximum Gasteiger partial charge on any atom is 0.319 e. The number of carboxylic acids is 1. The van der Waals surface area contributed by atoms with E-state index in [1.54, 1.807) is 26.2 Å². The Morgan fingerprint density at radius 2 is 2.00 bits per heavy atom. The van der Waals surface area contributed by atoms with Crippen LogP contribution < -0.4 is 0 Å². The molecule has 2 aromatic heterocycles. The number of rotatable bonds is 4. The number of aryl methyl sites for hydroxylation is 1. The molecule has 0 unspecified atom stereocenters. The van der Waals surface area contributed by atoms with E-state index in [1.807, 2.05) is 19.2 Å². The number of hydrogen-bond donors (Lipinski definition) is 2. The summed E-state index contributed by atoms with van der Waals surface area (Å²) in [4.78, 5) is 23.5. The van der Waals surface area contributed by atoms with Crippen LogP contribution >= 0.6 is 11.8 Å². The first-order valence-corrected chi connectivity index (χ1v) is 8.01. The van der Waals surface area contributed by atoms with Gasteiger partial charge in [-0.2, -0.15) is 0 Å². The minimum Gasteiger partial charge on any atom is -0.480 e. The van der Waals surface area contributed by atoms with Gasteiger partial charge < -0.3 is 10.1 Å². The Balaban J connectivity index is 2.17. The van der Waals surface area contributed by atoms with Crippen molar-refractivity contribution < 1.29 is 9.90 Å². The van der Waals surface area contributed by atoms with Gasteiger partial charge in [0.05, 0.1) is 0 Å². The van der Waals surface area contributed by atoms with Gasteiger partial charge in [0.25, 0.3) is 0 Å². The average molecular weight is 327 g/mol. The Hall–Kier alpha value is -2.34. The summed E-state index contributed by atoms with van der Waals surface area (Å²) in [5.74, 6) is -0.880. The second-order valence-electron chi connectivity index (χ2n) is 5.88. The first-order valence-electron chi connectivity index (χ1n) is 7.20. The normalized spacial score (nSPS) is 11.8. The number of aromatic amines is 1. The Labute approximate surface area is 138 Å². The van der Waals surface area contributed by atoms with E-state index in [-0.39, 0.29) is 0 Å². The highest BCUT2D eigenvalue weighted by molar-refractivity contribution is 8.01. The van der Waals surface area contributed by atoms with Crippen molar-refractivity contribution in [3.8, 4) is 11.3 Å². The number of hydrogen-bond acceptors (Lipinski definition) is 4. The zero-order chi connectivity index (χ0) is 16.6. The lowest BCUT2D eigenvalue weighted by Crippen LogP contribution is -2.27. The number of benzene rings is 1. The quantitative estimate of drug-likeness (QED) is 0.711. The molecular weight excluding hydrogens is 310 g/mol. The number of aliphatic carboxylic acids is 1. The van der Waals surface area contributed by atoms with Crippen LogP contribution in [0.2, 0.25) is 0 Å². The summed E-state index contributed by atoms with van der Waals surface area (Å²) in [7, 11) is 0. The Bertz CT molecular complexity index is 886. The standard InChI is InChI=1S/C17H17N3O2S/c1-10-8-12(11-4-5-18-13(11)9-10)14-15(20-7-6-19-14)23-17(2,3)16(21)22/h4-9,18H,1-3H3,(H,21,22). The number of nitrogens with one attached hydrogen (secondary N) is 1. The highest BCUT2D eigenvalue weighted by Gasteiger charge is 2.30. The molecule has 0 spiro atoms. The number of fused-ring (bicyclic) bond motifs is 1. The molecule has 0 aliphatic carbocycles. The molecule has 2 heterocycles. The van der Waals surface area contributed by atoms with Crippen molar-refractivity contribution in [2.45, 2.75) is 30.5 Å².